The molecule has 0 radical (unpaired) electrons. The molecule has 7 heteroatoms. The van der Waals surface area contributed by atoms with E-state index in [0.717, 1.165) is 11.3 Å². The molecule has 0 fully saturated rings. The van der Waals surface area contributed by atoms with Crippen LogP contribution in [-0.2, 0) is 14.9 Å². The first kappa shape index (κ1) is 20.1. The third kappa shape index (κ3) is 4.29. The number of aromatic nitrogens is 2. The highest BCUT2D eigenvalue weighted by molar-refractivity contribution is 6.02. The van der Waals surface area contributed by atoms with Crippen LogP contribution in [0.25, 0.3) is 5.69 Å². The number of carbonyl (C=O) groups is 2. The van der Waals surface area contributed by atoms with E-state index in [1.165, 1.54) is 7.11 Å². The first-order valence-corrected chi connectivity index (χ1v) is 9.05. The highest BCUT2D eigenvalue weighted by Gasteiger charge is 2.30. The molecule has 1 heterocycles. The summed E-state index contributed by atoms with van der Waals surface area (Å²) in [5.74, 6) is 0.0583. The van der Waals surface area contributed by atoms with Crippen molar-refractivity contribution in [2.24, 2.45) is 0 Å². The molecule has 0 aliphatic rings. The Kier molecular flexibility index (Phi) is 5.68. The number of nitrogens with zero attached hydrogens (tertiary/aromatic N) is 2. The summed E-state index contributed by atoms with van der Waals surface area (Å²) in [6.45, 7) is 3.58. The summed E-state index contributed by atoms with van der Waals surface area (Å²) < 4.78 is 11.7. The molecule has 7 nitrogen and oxygen atoms in total. The fourth-order valence-electron chi connectivity index (χ4n) is 2.88. The molecule has 3 aromatic rings. The van der Waals surface area contributed by atoms with Gasteiger partial charge in [-0.05, 0) is 49.7 Å². The van der Waals surface area contributed by atoms with Crippen LogP contribution in [0, 0.1) is 0 Å². The standard InChI is InChI=1S/C22H23N3O4/c1-22(2,21(27)29-4)15-8-10-16(11-9-15)23-20(26)19-12-13-25(24-19)17-6-5-7-18(14-17)28-3/h5-14H,1-4H3,(H,23,26). The van der Waals surface area contributed by atoms with Crippen molar-refractivity contribution < 1.29 is 19.1 Å². The summed E-state index contributed by atoms with van der Waals surface area (Å²) in [6.07, 6.45) is 1.71. The molecule has 2 aromatic carbocycles. The third-order valence-corrected chi connectivity index (χ3v) is 4.70. The smallest absolute Gasteiger partial charge is 0.315 e. The second kappa shape index (κ2) is 8.18. The lowest BCUT2D eigenvalue weighted by Crippen LogP contribution is -2.30. The molecule has 0 aliphatic heterocycles. The molecule has 3 rings (SSSR count). The highest BCUT2D eigenvalue weighted by atomic mass is 16.5. The predicted molar refractivity (Wildman–Crippen MR) is 110 cm³/mol. The van der Waals surface area contributed by atoms with Gasteiger partial charge in [-0.3, -0.25) is 9.59 Å². The molecule has 0 saturated carbocycles. The predicted octanol–water partition coefficient (Wildman–Crippen LogP) is 3.58. The number of methoxy groups -OCH3 is 2. The van der Waals surface area contributed by atoms with Gasteiger partial charge in [0.05, 0.1) is 25.3 Å². The van der Waals surface area contributed by atoms with E-state index in [1.807, 2.05) is 24.3 Å². The van der Waals surface area contributed by atoms with Crippen molar-refractivity contribution in [3.63, 3.8) is 0 Å². The third-order valence-electron chi connectivity index (χ3n) is 4.70. The number of hydrogen-bond acceptors (Lipinski definition) is 5. The zero-order valence-corrected chi connectivity index (χ0v) is 16.8. The van der Waals surface area contributed by atoms with Crippen LogP contribution in [0.15, 0.2) is 60.8 Å². The van der Waals surface area contributed by atoms with Gasteiger partial charge in [0.15, 0.2) is 5.69 Å². The van der Waals surface area contributed by atoms with Gasteiger partial charge in [0.2, 0.25) is 0 Å². The molecule has 0 aliphatic carbocycles. The van der Waals surface area contributed by atoms with Crippen molar-refractivity contribution >= 4 is 17.6 Å². The molecule has 0 bridgehead atoms. The summed E-state index contributed by atoms with van der Waals surface area (Å²) in [7, 11) is 2.96. The van der Waals surface area contributed by atoms with Crippen molar-refractivity contribution in [1.82, 2.24) is 9.78 Å². The number of ether oxygens (including phenoxy) is 2. The van der Waals surface area contributed by atoms with Gasteiger partial charge in [-0.2, -0.15) is 5.10 Å². The summed E-state index contributed by atoms with van der Waals surface area (Å²) in [6, 6.07) is 16.1. The van der Waals surface area contributed by atoms with E-state index in [1.54, 1.807) is 62.2 Å². The Morgan fingerprint density at radius 2 is 1.76 bits per heavy atom. The fraction of sp³-hybridized carbons (Fsp3) is 0.227. The lowest BCUT2D eigenvalue weighted by molar-refractivity contribution is -0.146. The Morgan fingerprint density at radius 3 is 2.41 bits per heavy atom. The number of amides is 1. The summed E-state index contributed by atoms with van der Waals surface area (Å²) in [4.78, 5) is 24.5. The number of nitrogens with one attached hydrogen (secondary N) is 1. The van der Waals surface area contributed by atoms with Gasteiger partial charge in [0, 0.05) is 18.0 Å². The molecule has 1 aromatic heterocycles. The number of benzene rings is 2. The molecule has 29 heavy (non-hydrogen) atoms. The summed E-state index contributed by atoms with van der Waals surface area (Å²) in [5, 5.41) is 7.14. The minimum absolute atomic E-state index is 0.284. The average molecular weight is 393 g/mol. The largest absolute Gasteiger partial charge is 0.497 e. The first-order chi connectivity index (χ1) is 13.8. The minimum Gasteiger partial charge on any atom is -0.497 e. The Bertz CT molecular complexity index is 1020. The molecule has 0 atom stereocenters. The van der Waals surface area contributed by atoms with Crippen molar-refractivity contribution in [3.05, 3.63) is 72.1 Å². The van der Waals surface area contributed by atoms with E-state index < -0.39 is 5.41 Å². The van der Waals surface area contributed by atoms with Gasteiger partial charge < -0.3 is 14.8 Å². The highest BCUT2D eigenvalue weighted by Crippen LogP contribution is 2.26. The number of anilines is 1. The van der Waals surface area contributed by atoms with E-state index in [0.29, 0.717) is 11.4 Å². The topological polar surface area (TPSA) is 82.5 Å². The summed E-state index contributed by atoms with van der Waals surface area (Å²) >= 11 is 0. The molecule has 1 N–H and O–H groups in total. The van der Waals surface area contributed by atoms with E-state index in [4.69, 9.17) is 9.47 Å². The summed E-state index contributed by atoms with van der Waals surface area (Å²) in [5.41, 5.74) is 1.71. The van der Waals surface area contributed by atoms with Crippen LogP contribution in [0.2, 0.25) is 0 Å². The normalized spacial score (nSPS) is 11.0. The van der Waals surface area contributed by atoms with Crippen LogP contribution >= 0.6 is 0 Å². The zero-order valence-electron chi connectivity index (χ0n) is 16.8. The van der Waals surface area contributed by atoms with Crippen molar-refractivity contribution in [3.8, 4) is 11.4 Å². The monoisotopic (exact) mass is 393 g/mol. The molecule has 0 spiro atoms. The molecule has 0 saturated heterocycles. The SMILES string of the molecule is COC(=O)C(C)(C)c1ccc(NC(=O)c2ccn(-c3cccc(OC)c3)n2)cc1. The maximum absolute atomic E-state index is 12.5. The van der Waals surface area contributed by atoms with Crippen molar-refractivity contribution in [2.75, 3.05) is 19.5 Å². The number of rotatable bonds is 6. The van der Waals surface area contributed by atoms with Gasteiger partial charge in [0.1, 0.15) is 5.75 Å². The molecule has 150 valence electrons. The minimum atomic E-state index is -0.771. The Labute approximate surface area is 169 Å². The van der Waals surface area contributed by atoms with Gasteiger partial charge in [-0.1, -0.05) is 18.2 Å². The second-order valence-corrected chi connectivity index (χ2v) is 7.00. The van der Waals surface area contributed by atoms with Crippen LogP contribution in [0.1, 0.15) is 29.9 Å². The lowest BCUT2D eigenvalue weighted by atomic mass is 9.85. The molecular weight excluding hydrogens is 370 g/mol. The number of esters is 1. The first-order valence-electron chi connectivity index (χ1n) is 9.05. The van der Waals surface area contributed by atoms with Crippen LogP contribution in [0.5, 0.6) is 5.75 Å². The zero-order chi connectivity index (χ0) is 21.0. The number of carbonyl (C=O) groups excluding carboxylic acids is 2. The number of hydrogen-bond donors (Lipinski definition) is 1. The Balaban J connectivity index is 1.72. The van der Waals surface area contributed by atoms with Crippen LogP contribution in [0.4, 0.5) is 5.69 Å². The molecular formula is C22H23N3O4. The Morgan fingerprint density at radius 1 is 1.03 bits per heavy atom. The Hall–Kier alpha value is -3.61. The van der Waals surface area contributed by atoms with Crippen molar-refractivity contribution in [1.29, 1.82) is 0 Å². The maximum Gasteiger partial charge on any atom is 0.315 e. The average Bonchev–Trinajstić information content (AvgIpc) is 3.24. The van der Waals surface area contributed by atoms with Gasteiger partial charge >= 0.3 is 5.97 Å². The van der Waals surface area contributed by atoms with E-state index >= 15 is 0 Å². The molecule has 0 unspecified atom stereocenters. The molecule has 1 amide bonds. The van der Waals surface area contributed by atoms with E-state index in [2.05, 4.69) is 10.4 Å². The quantitative estimate of drug-likeness (QED) is 0.647. The lowest BCUT2D eigenvalue weighted by Gasteiger charge is -2.22. The van der Waals surface area contributed by atoms with Gasteiger partial charge in [-0.25, -0.2) is 4.68 Å². The van der Waals surface area contributed by atoms with E-state index in [-0.39, 0.29) is 17.6 Å². The fourth-order valence-corrected chi connectivity index (χ4v) is 2.88. The van der Waals surface area contributed by atoms with Crippen molar-refractivity contribution in [2.45, 2.75) is 19.3 Å². The van der Waals surface area contributed by atoms with Gasteiger partial charge in [0.25, 0.3) is 5.91 Å². The van der Waals surface area contributed by atoms with E-state index in [9.17, 15) is 9.59 Å². The van der Waals surface area contributed by atoms with Crippen LogP contribution in [0.3, 0.4) is 0 Å². The second-order valence-electron chi connectivity index (χ2n) is 7.00. The van der Waals surface area contributed by atoms with Crippen LogP contribution < -0.4 is 10.1 Å². The van der Waals surface area contributed by atoms with Crippen LogP contribution in [-0.4, -0.2) is 35.9 Å². The van der Waals surface area contributed by atoms with Gasteiger partial charge in [-0.15, -0.1) is 0 Å². The maximum atomic E-state index is 12.5.